The van der Waals surface area contributed by atoms with Gasteiger partial charge in [-0.1, -0.05) is 34.1 Å². The number of carbonyl (C=O) groups is 1. The summed E-state index contributed by atoms with van der Waals surface area (Å²) in [6, 6.07) is 8.16. The second-order valence-corrected chi connectivity index (χ2v) is 4.46. The summed E-state index contributed by atoms with van der Waals surface area (Å²) in [5.41, 5.74) is 1.25. The Morgan fingerprint density at radius 1 is 1.31 bits per heavy atom. The lowest BCUT2D eigenvalue weighted by Gasteiger charge is -2.06. The fraction of sp³-hybridized carbons (Fsp3) is 0.417. The molecule has 0 radical (unpaired) electrons. The number of halogens is 1. The van der Waals surface area contributed by atoms with Crippen molar-refractivity contribution in [3.05, 3.63) is 34.3 Å². The van der Waals surface area contributed by atoms with E-state index < -0.39 is 0 Å². The van der Waals surface area contributed by atoms with Gasteiger partial charge in [-0.05, 0) is 24.6 Å². The van der Waals surface area contributed by atoms with Crippen LogP contribution in [0.3, 0.4) is 0 Å². The molecular weight excluding hydrogens is 268 g/mol. The summed E-state index contributed by atoms with van der Waals surface area (Å²) in [6.07, 6.45) is 0.948. The van der Waals surface area contributed by atoms with Crippen LogP contribution in [0, 0.1) is 0 Å². The van der Waals surface area contributed by atoms with Gasteiger partial charge < -0.3 is 10.6 Å². The highest BCUT2D eigenvalue weighted by Gasteiger charge is 1.97. The average Bonchev–Trinajstić information content (AvgIpc) is 2.25. The van der Waals surface area contributed by atoms with Crippen molar-refractivity contribution in [2.24, 2.45) is 0 Å². The Kier molecular flexibility index (Phi) is 6.11. The summed E-state index contributed by atoms with van der Waals surface area (Å²) in [5.74, 6) is 0.0332. The molecule has 0 saturated heterocycles. The molecule has 1 rings (SSSR count). The molecule has 1 amide bonds. The fourth-order valence-corrected chi connectivity index (χ4v) is 1.77. The molecule has 1 aromatic rings. The summed E-state index contributed by atoms with van der Waals surface area (Å²) in [5, 5.41) is 6.10. The topological polar surface area (TPSA) is 41.1 Å². The van der Waals surface area contributed by atoms with E-state index in [4.69, 9.17) is 0 Å². The number of carbonyl (C=O) groups excluding carboxylic acids is 1. The smallest absolute Gasteiger partial charge is 0.216 e. The molecule has 0 aliphatic carbocycles. The largest absolute Gasteiger partial charge is 0.356 e. The van der Waals surface area contributed by atoms with Crippen molar-refractivity contribution in [1.82, 2.24) is 10.6 Å². The summed E-state index contributed by atoms with van der Waals surface area (Å²) in [6.45, 7) is 4.02. The SMILES string of the molecule is CC(=O)NCCCNCc1ccccc1Br. The summed E-state index contributed by atoms with van der Waals surface area (Å²) < 4.78 is 1.13. The van der Waals surface area contributed by atoms with Crippen LogP contribution in [0.1, 0.15) is 18.9 Å². The zero-order chi connectivity index (χ0) is 11.8. The minimum Gasteiger partial charge on any atom is -0.356 e. The molecule has 0 spiro atoms. The summed E-state index contributed by atoms with van der Waals surface area (Å²) >= 11 is 3.50. The second kappa shape index (κ2) is 7.41. The normalized spacial score (nSPS) is 10.1. The molecule has 1 aromatic carbocycles. The van der Waals surface area contributed by atoms with Crippen molar-refractivity contribution in [2.45, 2.75) is 19.9 Å². The van der Waals surface area contributed by atoms with Crippen molar-refractivity contribution in [2.75, 3.05) is 13.1 Å². The first-order valence-electron chi connectivity index (χ1n) is 5.38. The van der Waals surface area contributed by atoms with Crippen LogP contribution in [0.25, 0.3) is 0 Å². The Morgan fingerprint density at radius 3 is 2.75 bits per heavy atom. The molecule has 0 aliphatic heterocycles. The highest BCUT2D eigenvalue weighted by atomic mass is 79.9. The minimum atomic E-state index is 0.0332. The molecule has 0 heterocycles. The van der Waals surface area contributed by atoms with Crippen molar-refractivity contribution in [3.63, 3.8) is 0 Å². The quantitative estimate of drug-likeness (QED) is 0.786. The molecule has 0 fully saturated rings. The number of benzene rings is 1. The average molecular weight is 285 g/mol. The van der Waals surface area contributed by atoms with E-state index >= 15 is 0 Å². The molecular formula is C12H17BrN2O. The fourth-order valence-electron chi connectivity index (χ4n) is 1.34. The van der Waals surface area contributed by atoms with E-state index in [1.807, 2.05) is 18.2 Å². The molecule has 0 unspecified atom stereocenters. The molecule has 0 saturated carbocycles. The van der Waals surface area contributed by atoms with Crippen molar-refractivity contribution in [3.8, 4) is 0 Å². The van der Waals surface area contributed by atoms with E-state index in [0.29, 0.717) is 0 Å². The van der Waals surface area contributed by atoms with Crippen LogP contribution in [0.15, 0.2) is 28.7 Å². The zero-order valence-electron chi connectivity index (χ0n) is 9.42. The van der Waals surface area contributed by atoms with E-state index in [-0.39, 0.29) is 5.91 Å². The van der Waals surface area contributed by atoms with E-state index in [1.54, 1.807) is 0 Å². The number of hydrogen-bond acceptors (Lipinski definition) is 2. The van der Waals surface area contributed by atoms with Crippen LogP contribution < -0.4 is 10.6 Å². The van der Waals surface area contributed by atoms with Crippen LogP contribution in [0.4, 0.5) is 0 Å². The monoisotopic (exact) mass is 284 g/mol. The molecule has 4 heteroatoms. The molecule has 0 aliphatic rings. The van der Waals surface area contributed by atoms with E-state index in [9.17, 15) is 4.79 Å². The van der Waals surface area contributed by atoms with Gasteiger partial charge in [0.2, 0.25) is 5.91 Å². The number of rotatable bonds is 6. The maximum absolute atomic E-state index is 10.6. The Balaban J connectivity index is 2.12. The molecule has 0 aromatic heterocycles. The predicted molar refractivity (Wildman–Crippen MR) is 69.1 cm³/mol. The van der Waals surface area contributed by atoms with Gasteiger partial charge in [0.15, 0.2) is 0 Å². The molecule has 16 heavy (non-hydrogen) atoms. The van der Waals surface area contributed by atoms with E-state index in [2.05, 4.69) is 32.6 Å². The zero-order valence-corrected chi connectivity index (χ0v) is 11.0. The maximum Gasteiger partial charge on any atom is 0.216 e. The van der Waals surface area contributed by atoms with Gasteiger partial charge in [0.1, 0.15) is 0 Å². The van der Waals surface area contributed by atoms with Gasteiger partial charge in [0.05, 0.1) is 0 Å². The first-order chi connectivity index (χ1) is 7.70. The Morgan fingerprint density at radius 2 is 2.06 bits per heavy atom. The van der Waals surface area contributed by atoms with Gasteiger partial charge in [-0.15, -0.1) is 0 Å². The lowest BCUT2D eigenvalue weighted by atomic mass is 10.2. The summed E-state index contributed by atoms with van der Waals surface area (Å²) in [7, 11) is 0. The van der Waals surface area contributed by atoms with Crippen LogP contribution in [-0.2, 0) is 11.3 Å². The van der Waals surface area contributed by atoms with Crippen molar-refractivity contribution >= 4 is 21.8 Å². The lowest BCUT2D eigenvalue weighted by Crippen LogP contribution is -2.25. The van der Waals surface area contributed by atoms with E-state index in [0.717, 1.165) is 30.5 Å². The Hall–Kier alpha value is -0.870. The summed E-state index contributed by atoms with van der Waals surface area (Å²) in [4.78, 5) is 10.6. The first kappa shape index (κ1) is 13.2. The first-order valence-corrected chi connectivity index (χ1v) is 6.18. The second-order valence-electron chi connectivity index (χ2n) is 3.60. The third-order valence-electron chi connectivity index (χ3n) is 2.18. The number of nitrogens with one attached hydrogen (secondary N) is 2. The third-order valence-corrected chi connectivity index (χ3v) is 2.95. The van der Waals surface area contributed by atoms with Crippen LogP contribution >= 0.6 is 15.9 Å². The third kappa shape index (κ3) is 5.28. The highest BCUT2D eigenvalue weighted by molar-refractivity contribution is 9.10. The molecule has 0 bridgehead atoms. The van der Waals surface area contributed by atoms with Crippen LogP contribution in [0.2, 0.25) is 0 Å². The molecule has 88 valence electrons. The minimum absolute atomic E-state index is 0.0332. The van der Waals surface area contributed by atoms with Crippen molar-refractivity contribution < 1.29 is 4.79 Å². The van der Waals surface area contributed by atoms with E-state index in [1.165, 1.54) is 12.5 Å². The Bertz CT molecular complexity index is 342. The van der Waals surface area contributed by atoms with Gasteiger partial charge in [-0.2, -0.15) is 0 Å². The van der Waals surface area contributed by atoms with Gasteiger partial charge in [-0.3, -0.25) is 4.79 Å². The molecule has 0 atom stereocenters. The lowest BCUT2D eigenvalue weighted by molar-refractivity contribution is -0.118. The van der Waals surface area contributed by atoms with Gasteiger partial charge >= 0.3 is 0 Å². The van der Waals surface area contributed by atoms with Crippen molar-refractivity contribution in [1.29, 1.82) is 0 Å². The standard InChI is InChI=1S/C12H17BrN2O/c1-10(16)15-8-4-7-14-9-11-5-2-3-6-12(11)13/h2-3,5-6,14H,4,7-9H2,1H3,(H,15,16). The van der Waals surface area contributed by atoms with Gasteiger partial charge in [0.25, 0.3) is 0 Å². The van der Waals surface area contributed by atoms with Crippen LogP contribution in [0.5, 0.6) is 0 Å². The number of hydrogen-bond donors (Lipinski definition) is 2. The van der Waals surface area contributed by atoms with Gasteiger partial charge in [-0.25, -0.2) is 0 Å². The number of amides is 1. The molecule has 3 nitrogen and oxygen atoms in total. The van der Waals surface area contributed by atoms with Crippen LogP contribution in [-0.4, -0.2) is 19.0 Å². The Labute approximate surface area is 105 Å². The predicted octanol–water partition coefficient (Wildman–Crippen LogP) is 2.06. The van der Waals surface area contributed by atoms with Gasteiger partial charge in [0, 0.05) is 24.5 Å². The highest BCUT2D eigenvalue weighted by Crippen LogP contribution is 2.14. The maximum atomic E-state index is 10.6. The molecule has 2 N–H and O–H groups in total.